The average molecular weight is 312 g/mol. The van der Waals surface area contributed by atoms with Gasteiger partial charge in [0.2, 0.25) is 5.91 Å². The lowest BCUT2D eigenvalue weighted by molar-refractivity contribution is -0.121. The molecule has 1 unspecified atom stereocenters. The first kappa shape index (κ1) is 14.5. The van der Waals surface area contributed by atoms with Gasteiger partial charge in [0.15, 0.2) is 0 Å². The number of nitrogens with one attached hydrogen (secondary N) is 1. The van der Waals surface area contributed by atoms with E-state index in [9.17, 15) is 4.79 Å². The molecule has 1 atom stereocenters. The molecule has 0 radical (unpaired) electrons. The topological polar surface area (TPSA) is 88.1 Å². The van der Waals surface area contributed by atoms with Crippen LogP contribution >= 0.6 is 15.9 Å². The minimum atomic E-state index is -0.234. The van der Waals surface area contributed by atoms with Crippen molar-refractivity contribution in [2.75, 3.05) is 0 Å². The van der Waals surface area contributed by atoms with Crippen LogP contribution in [-0.4, -0.2) is 12.0 Å². The van der Waals surface area contributed by atoms with Crippen LogP contribution in [0.5, 0.6) is 5.75 Å². The van der Waals surface area contributed by atoms with Gasteiger partial charge < -0.3 is 4.74 Å². The molecule has 1 amide bonds. The fourth-order valence-corrected chi connectivity index (χ4v) is 1.74. The first-order valence-electron chi connectivity index (χ1n) is 5.42. The highest BCUT2D eigenvalue weighted by Crippen LogP contribution is 2.24. The monoisotopic (exact) mass is 311 g/mol. The van der Waals surface area contributed by atoms with Crippen LogP contribution < -0.4 is 16.0 Å². The van der Waals surface area contributed by atoms with Crippen LogP contribution in [0.15, 0.2) is 22.7 Å². The molecular weight excluding hydrogens is 298 g/mol. The van der Waals surface area contributed by atoms with Crippen molar-refractivity contribution in [1.29, 1.82) is 5.26 Å². The van der Waals surface area contributed by atoms with E-state index in [1.165, 1.54) is 0 Å². The predicted molar refractivity (Wildman–Crippen MR) is 70.5 cm³/mol. The van der Waals surface area contributed by atoms with Crippen molar-refractivity contribution >= 4 is 21.8 Å². The summed E-state index contributed by atoms with van der Waals surface area (Å²) in [5.41, 5.74) is 2.52. The van der Waals surface area contributed by atoms with Gasteiger partial charge in [0.25, 0.3) is 0 Å². The quantitative estimate of drug-likeness (QED) is 0.493. The number of hydrogen-bond acceptors (Lipinski definition) is 4. The van der Waals surface area contributed by atoms with Gasteiger partial charge in [-0.05, 0) is 31.5 Å². The molecule has 0 aliphatic rings. The second-order valence-corrected chi connectivity index (χ2v) is 4.70. The lowest BCUT2D eigenvalue weighted by Crippen LogP contribution is -2.30. The zero-order chi connectivity index (χ0) is 13.5. The van der Waals surface area contributed by atoms with Gasteiger partial charge in [-0.2, -0.15) is 5.26 Å². The molecule has 18 heavy (non-hydrogen) atoms. The van der Waals surface area contributed by atoms with Crippen LogP contribution in [0.4, 0.5) is 0 Å². The average Bonchev–Trinajstić information content (AvgIpc) is 2.37. The van der Waals surface area contributed by atoms with Crippen LogP contribution in [0.3, 0.4) is 0 Å². The number of hydrogen-bond donors (Lipinski definition) is 2. The third-order valence-corrected chi connectivity index (χ3v) is 2.82. The van der Waals surface area contributed by atoms with Crippen molar-refractivity contribution in [2.24, 2.45) is 5.84 Å². The minimum Gasteiger partial charge on any atom is -0.489 e. The van der Waals surface area contributed by atoms with E-state index in [2.05, 4.69) is 27.4 Å². The van der Waals surface area contributed by atoms with E-state index in [1.807, 2.05) is 6.92 Å². The normalized spacial score (nSPS) is 11.4. The summed E-state index contributed by atoms with van der Waals surface area (Å²) in [6, 6.07) is 7.28. The van der Waals surface area contributed by atoms with Crippen LogP contribution in [0.2, 0.25) is 0 Å². The molecule has 0 fully saturated rings. The molecule has 3 N–H and O–H groups in total. The Morgan fingerprint density at radius 2 is 2.39 bits per heavy atom. The number of nitrogens with zero attached hydrogens (tertiary/aromatic N) is 1. The minimum absolute atomic E-state index is 0.171. The zero-order valence-electron chi connectivity index (χ0n) is 9.94. The second kappa shape index (κ2) is 6.99. The number of nitriles is 1. The smallest absolute Gasteiger partial charge is 0.234 e. The van der Waals surface area contributed by atoms with Crippen molar-refractivity contribution in [3.8, 4) is 11.8 Å². The van der Waals surface area contributed by atoms with E-state index in [4.69, 9.17) is 15.8 Å². The van der Waals surface area contributed by atoms with E-state index in [0.717, 1.165) is 4.47 Å². The Morgan fingerprint density at radius 1 is 1.67 bits per heavy atom. The molecule has 0 heterocycles. The molecule has 1 aromatic carbocycles. The van der Waals surface area contributed by atoms with Gasteiger partial charge >= 0.3 is 0 Å². The molecule has 96 valence electrons. The Bertz CT molecular complexity index is 471. The number of benzene rings is 1. The maximum absolute atomic E-state index is 11.0. The third kappa shape index (κ3) is 4.35. The zero-order valence-corrected chi connectivity index (χ0v) is 11.5. The molecule has 6 heteroatoms. The Hall–Kier alpha value is -1.58. The number of carbonyl (C=O) groups excluding carboxylic acids is 1. The lowest BCUT2D eigenvalue weighted by atomic mass is 10.2. The summed E-state index contributed by atoms with van der Waals surface area (Å²) in [4.78, 5) is 11.0. The number of carbonyl (C=O) groups is 1. The van der Waals surface area contributed by atoms with E-state index in [1.54, 1.807) is 18.2 Å². The number of nitrogens with two attached hydrogens (primary N) is 1. The molecular formula is C12H14BrN3O2. The summed E-state index contributed by atoms with van der Waals surface area (Å²) in [6.45, 7) is 1.84. The summed E-state index contributed by atoms with van der Waals surface area (Å²) in [7, 11) is 0. The molecule has 0 spiro atoms. The second-order valence-electron chi connectivity index (χ2n) is 3.79. The van der Waals surface area contributed by atoms with E-state index in [0.29, 0.717) is 17.7 Å². The Labute approximate surface area is 114 Å². The molecule has 0 bridgehead atoms. The van der Waals surface area contributed by atoms with Gasteiger partial charge in [-0.1, -0.05) is 15.9 Å². The first-order valence-corrected chi connectivity index (χ1v) is 6.22. The van der Waals surface area contributed by atoms with Crippen LogP contribution in [-0.2, 0) is 4.79 Å². The summed E-state index contributed by atoms with van der Waals surface area (Å²) in [6.07, 6.45) is 0.649. The van der Waals surface area contributed by atoms with Crippen molar-refractivity contribution in [3.05, 3.63) is 28.2 Å². The molecule has 0 aromatic heterocycles. The van der Waals surface area contributed by atoms with Gasteiger partial charge in [0, 0.05) is 10.9 Å². The number of hydrazine groups is 1. The summed E-state index contributed by atoms with van der Waals surface area (Å²) in [5, 5.41) is 8.98. The Kier molecular flexibility index (Phi) is 5.62. The van der Waals surface area contributed by atoms with Crippen LogP contribution in [0.25, 0.3) is 0 Å². The Balaban J connectivity index is 2.62. The third-order valence-electron chi connectivity index (χ3n) is 2.33. The summed E-state index contributed by atoms with van der Waals surface area (Å²) < 4.78 is 6.44. The number of rotatable bonds is 5. The van der Waals surface area contributed by atoms with Gasteiger partial charge in [-0.25, -0.2) is 5.84 Å². The van der Waals surface area contributed by atoms with Crippen molar-refractivity contribution in [3.63, 3.8) is 0 Å². The molecule has 5 nitrogen and oxygen atoms in total. The van der Waals surface area contributed by atoms with Crippen molar-refractivity contribution in [2.45, 2.75) is 25.9 Å². The molecule has 0 saturated carbocycles. The summed E-state index contributed by atoms with van der Waals surface area (Å²) >= 11 is 3.29. The molecule has 1 aromatic rings. The van der Waals surface area contributed by atoms with E-state index < -0.39 is 0 Å². The van der Waals surface area contributed by atoms with E-state index in [-0.39, 0.29) is 18.4 Å². The maximum Gasteiger partial charge on any atom is 0.234 e. The Morgan fingerprint density at radius 3 is 3.00 bits per heavy atom. The van der Waals surface area contributed by atoms with Crippen LogP contribution in [0, 0.1) is 11.3 Å². The standard InChI is InChI=1S/C12H14BrN3O2/c1-8(2-5-12(17)16-15)18-11-4-3-10(13)6-9(11)7-14/h3-4,6,8H,2,5,15H2,1H3,(H,16,17). The summed E-state index contributed by atoms with van der Waals surface area (Å²) in [5.74, 6) is 5.27. The highest BCUT2D eigenvalue weighted by Gasteiger charge is 2.10. The first-order chi connectivity index (χ1) is 8.56. The largest absolute Gasteiger partial charge is 0.489 e. The van der Waals surface area contributed by atoms with Gasteiger partial charge in [0.05, 0.1) is 11.7 Å². The number of amides is 1. The molecule has 0 aliphatic heterocycles. The van der Waals surface area contributed by atoms with Crippen molar-refractivity contribution in [1.82, 2.24) is 5.43 Å². The molecule has 1 rings (SSSR count). The predicted octanol–water partition coefficient (Wildman–Crippen LogP) is 1.86. The van der Waals surface area contributed by atoms with Crippen LogP contribution in [0.1, 0.15) is 25.3 Å². The maximum atomic E-state index is 11.0. The van der Waals surface area contributed by atoms with E-state index >= 15 is 0 Å². The fourth-order valence-electron chi connectivity index (χ4n) is 1.37. The van der Waals surface area contributed by atoms with Gasteiger partial charge in [-0.3, -0.25) is 10.2 Å². The van der Waals surface area contributed by atoms with Crippen molar-refractivity contribution < 1.29 is 9.53 Å². The molecule has 0 saturated heterocycles. The molecule has 0 aliphatic carbocycles. The highest BCUT2D eigenvalue weighted by atomic mass is 79.9. The number of ether oxygens (including phenoxy) is 1. The SMILES string of the molecule is CC(CCC(=O)NN)Oc1ccc(Br)cc1C#N. The lowest BCUT2D eigenvalue weighted by Gasteiger charge is -2.15. The number of halogens is 1. The fraction of sp³-hybridized carbons (Fsp3) is 0.333. The van der Waals surface area contributed by atoms with Gasteiger partial charge in [-0.15, -0.1) is 0 Å². The highest BCUT2D eigenvalue weighted by molar-refractivity contribution is 9.10. The van der Waals surface area contributed by atoms with Gasteiger partial charge in [0.1, 0.15) is 11.8 Å².